The summed E-state index contributed by atoms with van der Waals surface area (Å²) in [7, 11) is -1.32. The van der Waals surface area contributed by atoms with Crippen LogP contribution < -0.4 is 11.1 Å². The molecule has 2 amide bonds. The zero-order chi connectivity index (χ0) is 22.1. The van der Waals surface area contributed by atoms with E-state index in [9.17, 15) is 9.59 Å². The number of pyridine rings is 1. The molecule has 0 spiro atoms. The van der Waals surface area contributed by atoms with Crippen LogP contribution in [0.4, 0.5) is 0 Å². The predicted octanol–water partition coefficient (Wildman–Crippen LogP) is 2.64. The van der Waals surface area contributed by atoms with E-state index in [2.05, 4.69) is 24.1 Å². The van der Waals surface area contributed by atoms with Crippen molar-refractivity contribution < 1.29 is 19.6 Å². The summed E-state index contributed by atoms with van der Waals surface area (Å²) in [5, 5.41) is 19.4. The number of rotatable bonds is 7. The first kappa shape index (κ1) is 26.3. The van der Waals surface area contributed by atoms with Gasteiger partial charge in [0.2, 0.25) is 5.91 Å². The number of carbonyl (C=O) groups is 2. The molecule has 29 heavy (non-hydrogen) atoms. The third kappa shape index (κ3) is 13.2. The lowest BCUT2D eigenvalue weighted by atomic mass is 9.86. The minimum absolute atomic E-state index is 0.0341. The number of hydrogen-bond acceptors (Lipinski definition) is 5. The molecule has 0 saturated heterocycles. The molecule has 5 N–H and O–H groups in total. The van der Waals surface area contributed by atoms with Gasteiger partial charge in [-0.1, -0.05) is 63.6 Å². The van der Waals surface area contributed by atoms with Crippen molar-refractivity contribution in [1.82, 2.24) is 10.3 Å². The lowest BCUT2D eigenvalue weighted by molar-refractivity contribution is -0.121. The van der Waals surface area contributed by atoms with Gasteiger partial charge in [-0.25, -0.2) is 4.98 Å². The molecular weight excluding hydrogens is 369 g/mol. The largest absolute Gasteiger partial charge is 0.453 e. The fourth-order valence-corrected chi connectivity index (χ4v) is 2.00. The molecule has 0 bridgehead atoms. The van der Waals surface area contributed by atoms with Crippen LogP contribution in [0, 0.1) is 0 Å². The van der Waals surface area contributed by atoms with E-state index in [1.165, 1.54) is 6.42 Å². The average Bonchev–Trinajstić information content (AvgIpc) is 2.70. The van der Waals surface area contributed by atoms with E-state index >= 15 is 0 Å². The van der Waals surface area contributed by atoms with Crippen molar-refractivity contribution in [2.24, 2.45) is 5.73 Å². The van der Waals surface area contributed by atoms with Gasteiger partial charge < -0.3 is 21.1 Å². The third-order valence-electron chi connectivity index (χ3n) is 3.27. The molecule has 158 valence electrons. The van der Waals surface area contributed by atoms with Crippen LogP contribution in [0.2, 0.25) is 6.32 Å². The molecule has 0 aliphatic carbocycles. The van der Waals surface area contributed by atoms with Gasteiger partial charge in [0.05, 0.1) is 5.69 Å². The molecule has 0 fully saturated rings. The summed E-state index contributed by atoms with van der Waals surface area (Å²) < 4.78 is 0. The number of hydrogen-bond donors (Lipinski definition) is 4. The van der Waals surface area contributed by atoms with Crippen molar-refractivity contribution in [2.75, 3.05) is 6.54 Å². The quantitative estimate of drug-likeness (QED) is 0.531. The molecule has 0 unspecified atom stereocenters. The molecule has 0 aliphatic heterocycles. The highest BCUT2D eigenvalue weighted by Gasteiger charge is 2.06. The SMILES string of the molecule is CCC.CCCC(=O)NCCB(O)O.NC(=O)c1cccc(-c2ccccc2)n1. The normalized spacial score (nSPS) is 9.28. The third-order valence-corrected chi connectivity index (χ3v) is 3.27. The zero-order valence-electron chi connectivity index (χ0n) is 17.5. The second-order valence-electron chi connectivity index (χ2n) is 6.21. The number of nitrogens with zero attached hydrogens (tertiary/aromatic N) is 1. The summed E-state index contributed by atoms with van der Waals surface area (Å²) in [5.74, 6) is -0.541. The van der Waals surface area contributed by atoms with Crippen molar-refractivity contribution >= 4 is 18.9 Å². The molecule has 7 nitrogen and oxygen atoms in total. The van der Waals surface area contributed by atoms with Crippen molar-refractivity contribution in [3.63, 3.8) is 0 Å². The smallest absolute Gasteiger partial charge is 0.427 e. The summed E-state index contributed by atoms with van der Waals surface area (Å²) in [4.78, 5) is 25.9. The van der Waals surface area contributed by atoms with Crippen LogP contribution in [0.3, 0.4) is 0 Å². The topological polar surface area (TPSA) is 126 Å². The van der Waals surface area contributed by atoms with E-state index in [0.29, 0.717) is 13.0 Å². The number of aromatic nitrogens is 1. The monoisotopic (exact) mass is 401 g/mol. The van der Waals surface area contributed by atoms with Gasteiger partial charge >= 0.3 is 7.12 Å². The molecule has 0 aliphatic rings. The average molecular weight is 401 g/mol. The first-order chi connectivity index (χ1) is 13.8. The van der Waals surface area contributed by atoms with E-state index in [1.807, 2.05) is 43.3 Å². The Hall–Kier alpha value is -2.71. The second kappa shape index (κ2) is 16.3. The van der Waals surface area contributed by atoms with Gasteiger partial charge in [0.15, 0.2) is 0 Å². The minimum Gasteiger partial charge on any atom is -0.427 e. The Labute approximate surface area is 173 Å². The Morgan fingerprint density at radius 1 is 1.03 bits per heavy atom. The van der Waals surface area contributed by atoms with Crippen LogP contribution >= 0.6 is 0 Å². The highest BCUT2D eigenvalue weighted by atomic mass is 16.4. The van der Waals surface area contributed by atoms with Crippen LogP contribution in [0.25, 0.3) is 11.3 Å². The molecular formula is C21H32BN3O4. The van der Waals surface area contributed by atoms with E-state index in [1.54, 1.807) is 12.1 Å². The van der Waals surface area contributed by atoms with Gasteiger partial charge in [-0.15, -0.1) is 0 Å². The first-order valence-electron chi connectivity index (χ1n) is 9.80. The molecule has 1 heterocycles. The number of amides is 2. The summed E-state index contributed by atoms with van der Waals surface area (Å²) >= 11 is 0. The Morgan fingerprint density at radius 3 is 2.17 bits per heavy atom. The number of benzene rings is 1. The van der Waals surface area contributed by atoms with E-state index in [-0.39, 0.29) is 17.9 Å². The predicted molar refractivity (Wildman–Crippen MR) is 117 cm³/mol. The summed E-state index contributed by atoms with van der Waals surface area (Å²) in [6.07, 6.45) is 2.75. The van der Waals surface area contributed by atoms with Crippen LogP contribution in [0.15, 0.2) is 48.5 Å². The lowest BCUT2D eigenvalue weighted by Gasteiger charge is -2.02. The summed E-state index contributed by atoms with van der Waals surface area (Å²) in [6, 6.07) is 14.9. The Balaban J connectivity index is 0.000000497. The van der Waals surface area contributed by atoms with Gasteiger partial charge in [-0.3, -0.25) is 9.59 Å². The Morgan fingerprint density at radius 2 is 1.66 bits per heavy atom. The molecule has 0 saturated carbocycles. The Kier molecular flexibility index (Phi) is 14.8. The zero-order valence-corrected chi connectivity index (χ0v) is 17.5. The van der Waals surface area contributed by atoms with Crippen LogP contribution in [-0.2, 0) is 4.79 Å². The van der Waals surface area contributed by atoms with Gasteiger partial charge in [0.25, 0.3) is 5.91 Å². The first-order valence-corrected chi connectivity index (χ1v) is 9.80. The number of nitrogens with one attached hydrogen (secondary N) is 1. The summed E-state index contributed by atoms with van der Waals surface area (Å²) in [5.41, 5.74) is 7.18. The maximum atomic E-state index is 10.9. The highest BCUT2D eigenvalue weighted by Crippen LogP contribution is 2.16. The van der Waals surface area contributed by atoms with Gasteiger partial charge in [-0.2, -0.15) is 0 Å². The molecule has 0 radical (unpaired) electrons. The fourth-order valence-electron chi connectivity index (χ4n) is 2.00. The minimum atomic E-state index is -1.32. The molecule has 0 atom stereocenters. The molecule has 1 aromatic heterocycles. The molecule has 8 heteroatoms. The fraction of sp³-hybridized carbons (Fsp3) is 0.381. The van der Waals surface area contributed by atoms with E-state index < -0.39 is 13.0 Å². The van der Waals surface area contributed by atoms with Gasteiger partial charge in [-0.05, 0) is 24.9 Å². The highest BCUT2D eigenvalue weighted by molar-refractivity contribution is 6.41. The van der Waals surface area contributed by atoms with Crippen molar-refractivity contribution in [1.29, 1.82) is 0 Å². The van der Waals surface area contributed by atoms with E-state index in [0.717, 1.165) is 17.7 Å². The number of carbonyl (C=O) groups excluding carboxylic acids is 2. The maximum Gasteiger partial charge on any atom is 0.453 e. The second-order valence-corrected chi connectivity index (χ2v) is 6.21. The summed E-state index contributed by atoms with van der Waals surface area (Å²) in [6.45, 7) is 6.50. The lowest BCUT2D eigenvalue weighted by Crippen LogP contribution is -2.27. The van der Waals surface area contributed by atoms with Crippen molar-refractivity contribution in [3.8, 4) is 11.3 Å². The maximum absolute atomic E-state index is 10.9. The standard InChI is InChI=1S/C12H10N2O.C6H14BNO3.C3H8/c13-12(15)11-8-4-7-10(14-11)9-5-2-1-3-6-9;1-2-3-6(9)8-5-4-7(10)11;1-3-2/h1-8H,(H2,13,15);10-11H,2-5H2,1H3,(H,8,9);3H2,1-2H3. The van der Waals surface area contributed by atoms with Crippen LogP contribution in [0.1, 0.15) is 50.5 Å². The van der Waals surface area contributed by atoms with Gasteiger partial charge in [0, 0.05) is 18.5 Å². The number of primary amides is 1. The van der Waals surface area contributed by atoms with Crippen LogP contribution in [-0.4, -0.2) is 40.5 Å². The van der Waals surface area contributed by atoms with Crippen molar-refractivity contribution in [3.05, 3.63) is 54.2 Å². The molecule has 2 aromatic rings. The molecule has 1 aromatic carbocycles. The van der Waals surface area contributed by atoms with Crippen molar-refractivity contribution in [2.45, 2.75) is 46.4 Å². The Bertz CT molecular complexity index is 712. The molecule has 2 rings (SSSR count). The van der Waals surface area contributed by atoms with Crippen LogP contribution in [0.5, 0.6) is 0 Å². The number of nitrogens with two attached hydrogens (primary N) is 1. The van der Waals surface area contributed by atoms with Gasteiger partial charge in [0.1, 0.15) is 5.69 Å². The van der Waals surface area contributed by atoms with E-state index in [4.69, 9.17) is 15.8 Å².